The molecule has 2 unspecified atom stereocenters. The Morgan fingerprint density at radius 3 is 2.00 bits per heavy atom. The van der Waals surface area contributed by atoms with Gasteiger partial charge in [0.1, 0.15) is 0 Å². The molecule has 0 saturated carbocycles. The fraction of sp³-hybridized carbons (Fsp3) is 0.667. The minimum absolute atomic E-state index is 0.364. The van der Waals surface area contributed by atoms with Crippen LogP contribution in [0.1, 0.15) is 62.4 Å². The summed E-state index contributed by atoms with van der Waals surface area (Å²) in [6.07, 6.45) is 1.18. The molecule has 0 aliphatic carbocycles. The Hall–Kier alpha value is -0.820. The normalized spacial score (nSPS) is 15.4. The van der Waals surface area contributed by atoms with E-state index in [1.54, 1.807) is 0 Å². The van der Waals surface area contributed by atoms with Gasteiger partial charge in [-0.1, -0.05) is 39.8 Å². The van der Waals surface area contributed by atoms with E-state index in [9.17, 15) is 0 Å². The fourth-order valence-electron chi connectivity index (χ4n) is 2.47. The number of hydrogen-bond donors (Lipinski definition) is 1. The van der Waals surface area contributed by atoms with E-state index in [2.05, 4.69) is 73.0 Å². The molecule has 0 aliphatic rings. The molecular weight excluding hydrogens is 230 g/mol. The zero-order valence-corrected chi connectivity index (χ0v) is 14.0. The Kier molecular flexibility index (Phi) is 5.20. The highest BCUT2D eigenvalue weighted by Gasteiger charge is 2.24. The minimum atomic E-state index is 0.364. The molecule has 1 heteroatoms. The van der Waals surface area contributed by atoms with Crippen LogP contribution in [0, 0.1) is 32.1 Å². The molecule has 1 aromatic carbocycles. The number of hydrogen-bond acceptors (Lipinski definition) is 1. The molecule has 1 aromatic rings. The van der Waals surface area contributed by atoms with E-state index in [4.69, 9.17) is 0 Å². The maximum atomic E-state index is 3.51. The summed E-state index contributed by atoms with van der Waals surface area (Å²) in [7, 11) is 2.08. The molecule has 0 heterocycles. The maximum absolute atomic E-state index is 3.51. The Labute approximate surface area is 119 Å². The second-order valence-corrected chi connectivity index (χ2v) is 7.14. The van der Waals surface area contributed by atoms with Gasteiger partial charge >= 0.3 is 0 Å². The molecule has 0 bridgehead atoms. The summed E-state index contributed by atoms with van der Waals surface area (Å²) in [6.45, 7) is 16.0. The summed E-state index contributed by atoms with van der Waals surface area (Å²) in [5, 5.41) is 3.51. The van der Waals surface area contributed by atoms with E-state index in [1.807, 2.05) is 0 Å². The van der Waals surface area contributed by atoms with Crippen LogP contribution in [-0.4, -0.2) is 7.05 Å². The van der Waals surface area contributed by atoms with Crippen molar-refractivity contribution < 1.29 is 0 Å². The maximum Gasteiger partial charge on any atom is 0.0322 e. The predicted octanol–water partition coefficient (Wildman–Crippen LogP) is 4.94. The summed E-state index contributed by atoms with van der Waals surface area (Å²) < 4.78 is 0. The lowest BCUT2D eigenvalue weighted by atomic mass is 9.77. The molecule has 108 valence electrons. The first-order chi connectivity index (χ1) is 8.66. The van der Waals surface area contributed by atoms with E-state index in [1.165, 1.54) is 28.7 Å². The van der Waals surface area contributed by atoms with Crippen molar-refractivity contribution in [3.63, 3.8) is 0 Å². The van der Waals surface area contributed by atoms with Crippen LogP contribution < -0.4 is 5.32 Å². The lowest BCUT2D eigenvalue weighted by molar-refractivity contribution is 0.226. The predicted molar refractivity (Wildman–Crippen MR) is 85.7 cm³/mol. The van der Waals surface area contributed by atoms with Crippen molar-refractivity contribution in [2.75, 3.05) is 7.05 Å². The van der Waals surface area contributed by atoms with Crippen LogP contribution in [0.5, 0.6) is 0 Å². The number of nitrogens with one attached hydrogen (secondary N) is 1. The van der Waals surface area contributed by atoms with Gasteiger partial charge in [0, 0.05) is 6.04 Å². The number of aryl methyl sites for hydroxylation is 3. The van der Waals surface area contributed by atoms with E-state index < -0.39 is 0 Å². The molecule has 0 aromatic heterocycles. The topological polar surface area (TPSA) is 12.0 Å². The van der Waals surface area contributed by atoms with Gasteiger partial charge in [0.25, 0.3) is 0 Å². The monoisotopic (exact) mass is 261 g/mol. The van der Waals surface area contributed by atoms with Gasteiger partial charge in [0.2, 0.25) is 0 Å². The highest BCUT2D eigenvalue weighted by Crippen LogP contribution is 2.34. The third-order valence-electron chi connectivity index (χ3n) is 4.67. The molecule has 1 N–H and O–H groups in total. The summed E-state index contributed by atoms with van der Waals surface area (Å²) in [5.41, 5.74) is 6.01. The third kappa shape index (κ3) is 4.07. The lowest BCUT2D eigenvalue weighted by Gasteiger charge is -2.31. The number of benzene rings is 1. The lowest BCUT2D eigenvalue weighted by Crippen LogP contribution is -2.26. The van der Waals surface area contributed by atoms with Crippen molar-refractivity contribution in [2.45, 2.75) is 60.9 Å². The summed E-state index contributed by atoms with van der Waals surface area (Å²) in [5.74, 6) is 0.686. The van der Waals surface area contributed by atoms with Crippen LogP contribution in [0.25, 0.3) is 0 Å². The Morgan fingerprint density at radius 1 is 1.00 bits per heavy atom. The second-order valence-electron chi connectivity index (χ2n) is 7.14. The first-order valence-electron chi connectivity index (χ1n) is 7.41. The smallest absolute Gasteiger partial charge is 0.0322 e. The molecule has 0 radical (unpaired) electrons. The average Bonchev–Trinajstić information content (AvgIpc) is 2.29. The third-order valence-corrected chi connectivity index (χ3v) is 4.67. The van der Waals surface area contributed by atoms with Crippen molar-refractivity contribution >= 4 is 0 Å². The van der Waals surface area contributed by atoms with Crippen LogP contribution in [0.3, 0.4) is 0 Å². The molecule has 0 amide bonds. The molecule has 1 nitrogen and oxygen atoms in total. The fourth-order valence-corrected chi connectivity index (χ4v) is 2.47. The van der Waals surface area contributed by atoms with Gasteiger partial charge < -0.3 is 5.32 Å². The molecular formula is C18H31N. The van der Waals surface area contributed by atoms with E-state index in [-0.39, 0.29) is 0 Å². The molecule has 0 spiro atoms. The largest absolute Gasteiger partial charge is 0.313 e. The van der Waals surface area contributed by atoms with Crippen molar-refractivity contribution in [3.8, 4) is 0 Å². The van der Waals surface area contributed by atoms with Crippen LogP contribution in [0.4, 0.5) is 0 Å². The number of rotatable bonds is 4. The SMILES string of the molecule is CNC(CC(C)C(C)(C)C)c1cc(C)c(C)cc1C. The zero-order valence-electron chi connectivity index (χ0n) is 14.0. The van der Waals surface area contributed by atoms with E-state index in [0.29, 0.717) is 17.4 Å². The summed E-state index contributed by atoms with van der Waals surface area (Å²) in [4.78, 5) is 0. The quantitative estimate of drug-likeness (QED) is 0.809. The minimum Gasteiger partial charge on any atom is -0.313 e. The van der Waals surface area contributed by atoms with Crippen LogP contribution in [-0.2, 0) is 0 Å². The highest BCUT2D eigenvalue weighted by atomic mass is 14.9. The second kappa shape index (κ2) is 6.09. The van der Waals surface area contributed by atoms with Gasteiger partial charge in [-0.2, -0.15) is 0 Å². The molecule has 19 heavy (non-hydrogen) atoms. The van der Waals surface area contributed by atoms with Crippen LogP contribution in [0.15, 0.2) is 12.1 Å². The van der Waals surface area contributed by atoms with Gasteiger partial charge in [-0.3, -0.25) is 0 Å². The molecule has 1 rings (SSSR count). The van der Waals surface area contributed by atoms with Crippen LogP contribution >= 0.6 is 0 Å². The summed E-state index contributed by atoms with van der Waals surface area (Å²) >= 11 is 0. The first-order valence-corrected chi connectivity index (χ1v) is 7.41. The molecule has 0 saturated heterocycles. The van der Waals surface area contributed by atoms with Crippen molar-refractivity contribution in [2.24, 2.45) is 11.3 Å². The molecule has 0 aliphatic heterocycles. The standard InChI is InChI=1S/C18H31N/c1-12-9-14(3)16(10-13(12)2)17(19-8)11-15(4)18(5,6)7/h9-10,15,17,19H,11H2,1-8H3. The average molecular weight is 261 g/mol. The Balaban J connectivity index is 3.01. The first kappa shape index (κ1) is 16.2. The molecule has 0 fully saturated rings. The van der Waals surface area contributed by atoms with Crippen molar-refractivity contribution in [1.82, 2.24) is 5.32 Å². The summed E-state index contributed by atoms with van der Waals surface area (Å²) in [6, 6.07) is 5.13. The van der Waals surface area contributed by atoms with Crippen molar-refractivity contribution in [1.29, 1.82) is 0 Å². The van der Waals surface area contributed by atoms with Gasteiger partial charge in [-0.25, -0.2) is 0 Å². The van der Waals surface area contributed by atoms with Crippen molar-refractivity contribution in [3.05, 3.63) is 34.4 Å². The Morgan fingerprint density at radius 2 is 1.53 bits per heavy atom. The van der Waals surface area contributed by atoms with E-state index in [0.717, 1.165) is 0 Å². The van der Waals surface area contributed by atoms with Gasteiger partial charge in [-0.05, 0) is 67.8 Å². The molecule has 2 atom stereocenters. The highest BCUT2D eigenvalue weighted by molar-refractivity contribution is 5.38. The van der Waals surface area contributed by atoms with Gasteiger partial charge in [-0.15, -0.1) is 0 Å². The van der Waals surface area contributed by atoms with E-state index >= 15 is 0 Å². The van der Waals surface area contributed by atoms with Gasteiger partial charge in [0.05, 0.1) is 0 Å². The van der Waals surface area contributed by atoms with Gasteiger partial charge in [0.15, 0.2) is 0 Å². The Bertz CT molecular complexity index is 426. The zero-order chi connectivity index (χ0) is 14.8. The van der Waals surface area contributed by atoms with Crippen LogP contribution in [0.2, 0.25) is 0 Å².